The normalized spacial score (nSPS) is 10.9. The van der Waals surface area contributed by atoms with Crippen LogP contribution in [-0.4, -0.2) is 61.3 Å². The third-order valence-corrected chi connectivity index (χ3v) is 5.60. The summed E-state index contributed by atoms with van der Waals surface area (Å²) < 4.78 is 8.51. The maximum atomic E-state index is 13.2. The van der Waals surface area contributed by atoms with Crippen LogP contribution in [0.5, 0.6) is 5.75 Å². The number of likely N-dealkylation sites (N-methyl/N-ethyl adjacent to an activating group) is 1. The summed E-state index contributed by atoms with van der Waals surface area (Å²) >= 11 is 6.24. The lowest BCUT2D eigenvalue weighted by Crippen LogP contribution is -2.33. The molecular weight excluding hydrogens is 458 g/mol. The van der Waals surface area contributed by atoms with Crippen molar-refractivity contribution in [3.63, 3.8) is 0 Å². The molecule has 0 saturated heterocycles. The number of nitrogens with zero attached hydrogens (tertiary/aromatic N) is 6. The average Bonchev–Trinajstić information content (AvgIpc) is 3.44. The largest absolute Gasteiger partial charge is 0.496 e. The first-order valence-corrected chi connectivity index (χ1v) is 11.1. The number of amides is 2. The van der Waals surface area contributed by atoms with Crippen LogP contribution < -0.4 is 10.1 Å². The van der Waals surface area contributed by atoms with Crippen molar-refractivity contribution < 1.29 is 14.3 Å². The van der Waals surface area contributed by atoms with Gasteiger partial charge in [-0.1, -0.05) is 11.6 Å². The zero-order chi connectivity index (χ0) is 24.2. The van der Waals surface area contributed by atoms with Gasteiger partial charge >= 0.3 is 0 Å². The summed E-state index contributed by atoms with van der Waals surface area (Å²) in [4.78, 5) is 31.8. The summed E-state index contributed by atoms with van der Waals surface area (Å²) in [5, 5.41) is 12.1. The molecule has 0 atom stereocenters. The molecule has 0 aliphatic carbocycles. The fourth-order valence-corrected chi connectivity index (χ4v) is 3.82. The highest BCUT2D eigenvalue weighted by Gasteiger charge is 2.22. The Bertz CT molecular complexity index is 1340. The molecule has 0 saturated carbocycles. The maximum absolute atomic E-state index is 13.2. The molecule has 0 radical (unpaired) electrons. The van der Waals surface area contributed by atoms with Crippen molar-refractivity contribution in [2.24, 2.45) is 0 Å². The third kappa shape index (κ3) is 4.58. The van der Waals surface area contributed by atoms with Crippen molar-refractivity contribution in [2.45, 2.75) is 20.4 Å². The summed E-state index contributed by atoms with van der Waals surface area (Å²) in [6, 6.07) is 6.85. The fraction of sp³-hybridized carbons (Fsp3) is 0.261. The molecule has 0 bridgehead atoms. The van der Waals surface area contributed by atoms with Gasteiger partial charge in [-0.05, 0) is 38.1 Å². The number of halogens is 1. The number of hydrogen-bond donors (Lipinski definition) is 1. The lowest BCUT2D eigenvalue weighted by Gasteiger charge is -2.18. The number of methoxy groups -OCH3 is 1. The number of benzene rings is 1. The van der Waals surface area contributed by atoms with Crippen LogP contribution in [-0.2, 0) is 11.3 Å². The van der Waals surface area contributed by atoms with Gasteiger partial charge in [0.1, 0.15) is 23.6 Å². The summed E-state index contributed by atoms with van der Waals surface area (Å²) in [6.07, 6.45) is 6.37. The molecule has 1 N–H and O–H groups in total. The second kappa shape index (κ2) is 9.92. The van der Waals surface area contributed by atoms with Gasteiger partial charge in [-0.25, -0.2) is 9.50 Å². The van der Waals surface area contributed by atoms with Gasteiger partial charge in [0.25, 0.3) is 5.91 Å². The van der Waals surface area contributed by atoms with Crippen LogP contribution in [0, 0.1) is 0 Å². The van der Waals surface area contributed by atoms with Crippen molar-refractivity contribution in [1.29, 1.82) is 0 Å². The summed E-state index contributed by atoms with van der Waals surface area (Å²) in [5.74, 6) is 0.0326. The third-order valence-electron chi connectivity index (χ3n) is 5.36. The van der Waals surface area contributed by atoms with Gasteiger partial charge in [0.05, 0.1) is 19.0 Å². The minimum Gasteiger partial charge on any atom is -0.496 e. The Morgan fingerprint density at radius 1 is 1.24 bits per heavy atom. The minimum atomic E-state index is -0.412. The molecule has 3 heterocycles. The van der Waals surface area contributed by atoms with E-state index in [4.69, 9.17) is 16.3 Å². The molecule has 10 nitrogen and oxygen atoms in total. The SMILES string of the molecule is CCN(CC)C(=O)Cn1cc(NC(=O)c2cnn3cccnc23)c(-c2cc(Cl)ccc2OC)n1. The zero-order valence-electron chi connectivity index (χ0n) is 19.0. The number of carbonyl (C=O) groups is 2. The number of anilines is 1. The number of ether oxygens (including phenoxy) is 1. The van der Waals surface area contributed by atoms with Gasteiger partial charge in [-0.3, -0.25) is 14.3 Å². The Kier molecular flexibility index (Phi) is 6.78. The highest BCUT2D eigenvalue weighted by atomic mass is 35.5. The molecule has 34 heavy (non-hydrogen) atoms. The van der Waals surface area contributed by atoms with E-state index in [0.717, 1.165) is 0 Å². The molecule has 0 unspecified atom stereocenters. The lowest BCUT2D eigenvalue weighted by molar-refractivity contribution is -0.131. The number of nitrogens with one attached hydrogen (secondary N) is 1. The van der Waals surface area contributed by atoms with Gasteiger partial charge in [-0.2, -0.15) is 10.2 Å². The lowest BCUT2D eigenvalue weighted by atomic mass is 10.1. The van der Waals surface area contributed by atoms with Crippen LogP contribution in [0.1, 0.15) is 24.2 Å². The molecule has 2 amide bonds. The molecule has 1 aromatic carbocycles. The van der Waals surface area contributed by atoms with Gasteiger partial charge in [0.2, 0.25) is 5.91 Å². The van der Waals surface area contributed by atoms with Gasteiger partial charge < -0.3 is 15.0 Å². The molecule has 4 aromatic rings. The van der Waals surface area contributed by atoms with Gasteiger partial charge in [0, 0.05) is 42.3 Å². The van der Waals surface area contributed by atoms with Crippen molar-refractivity contribution >= 4 is 34.7 Å². The first-order valence-electron chi connectivity index (χ1n) is 10.7. The van der Waals surface area contributed by atoms with E-state index in [2.05, 4.69) is 20.5 Å². The molecule has 0 fully saturated rings. The second-order valence-corrected chi connectivity index (χ2v) is 7.84. The minimum absolute atomic E-state index is 0.0195. The average molecular weight is 482 g/mol. The van der Waals surface area contributed by atoms with Crippen molar-refractivity contribution in [3.05, 3.63) is 59.6 Å². The highest BCUT2D eigenvalue weighted by molar-refractivity contribution is 6.31. The van der Waals surface area contributed by atoms with E-state index in [1.54, 1.807) is 47.8 Å². The zero-order valence-corrected chi connectivity index (χ0v) is 19.8. The topological polar surface area (TPSA) is 107 Å². The van der Waals surface area contributed by atoms with Crippen LogP contribution in [0.2, 0.25) is 5.02 Å². The van der Waals surface area contributed by atoms with Gasteiger partial charge in [-0.15, -0.1) is 0 Å². The van der Waals surface area contributed by atoms with Crippen LogP contribution in [0.3, 0.4) is 0 Å². The number of hydrogen-bond acceptors (Lipinski definition) is 6. The summed E-state index contributed by atoms with van der Waals surface area (Å²) in [6.45, 7) is 5.05. The molecule has 176 valence electrons. The Balaban J connectivity index is 1.74. The van der Waals surface area contributed by atoms with Crippen molar-refractivity contribution in [3.8, 4) is 17.0 Å². The molecule has 11 heteroatoms. The summed E-state index contributed by atoms with van der Waals surface area (Å²) in [5.41, 5.74) is 2.12. The monoisotopic (exact) mass is 481 g/mol. The fourth-order valence-electron chi connectivity index (χ4n) is 3.65. The Hall–Kier alpha value is -3.92. The van der Waals surface area contributed by atoms with Crippen LogP contribution >= 0.6 is 11.6 Å². The van der Waals surface area contributed by atoms with Crippen molar-refractivity contribution in [1.82, 2.24) is 29.3 Å². The quantitative estimate of drug-likeness (QED) is 0.413. The van der Waals surface area contributed by atoms with Gasteiger partial charge in [0.15, 0.2) is 5.65 Å². The Labute approximate surface area is 201 Å². The van der Waals surface area contributed by atoms with E-state index in [9.17, 15) is 9.59 Å². The molecule has 4 rings (SSSR count). The number of rotatable bonds is 8. The predicted molar refractivity (Wildman–Crippen MR) is 128 cm³/mol. The first-order chi connectivity index (χ1) is 16.4. The molecular formula is C23H24ClN7O3. The van der Waals surface area contributed by atoms with E-state index in [-0.39, 0.29) is 12.5 Å². The van der Waals surface area contributed by atoms with E-state index < -0.39 is 5.91 Å². The molecule has 0 aliphatic heterocycles. The smallest absolute Gasteiger partial charge is 0.261 e. The number of fused-ring (bicyclic) bond motifs is 1. The Morgan fingerprint density at radius 3 is 2.76 bits per heavy atom. The first kappa shape index (κ1) is 23.2. The molecule has 0 aliphatic rings. The number of carbonyl (C=O) groups excluding carboxylic acids is 2. The molecule has 3 aromatic heterocycles. The van der Waals surface area contributed by atoms with E-state index in [1.165, 1.54) is 22.5 Å². The predicted octanol–water partition coefficient (Wildman–Crippen LogP) is 3.38. The van der Waals surface area contributed by atoms with E-state index >= 15 is 0 Å². The standard InChI is InChI=1S/C23H24ClN7O3/c1-4-29(5-2)20(32)14-30-13-18(21(28-30)16-11-15(24)7-8-19(16)34-3)27-23(33)17-12-26-31-10-6-9-25-22(17)31/h6-13H,4-5,14H2,1-3H3,(H,27,33). The molecule has 0 spiro atoms. The van der Waals surface area contributed by atoms with Crippen LogP contribution in [0.15, 0.2) is 49.1 Å². The highest BCUT2D eigenvalue weighted by Crippen LogP contribution is 2.36. The second-order valence-electron chi connectivity index (χ2n) is 7.40. The van der Waals surface area contributed by atoms with Crippen LogP contribution in [0.25, 0.3) is 16.9 Å². The van der Waals surface area contributed by atoms with E-state index in [0.29, 0.717) is 52.0 Å². The van der Waals surface area contributed by atoms with Crippen molar-refractivity contribution in [2.75, 3.05) is 25.5 Å². The Morgan fingerprint density at radius 2 is 2.03 bits per heavy atom. The van der Waals surface area contributed by atoms with Crippen LogP contribution in [0.4, 0.5) is 5.69 Å². The number of aromatic nitrogens is 5. The maximum Gasteiger partial charge on any atom is 0.261 e. The summed E-state index contributed by atoms with van der Waals surface area (Å²) in [7, 11) is 1.54. The van der Waals surface area contributed by atoms with E-state index in [1.807, 2.05) is 13.8 Å².